The second kappa shape index (κ2) is 7.09. The molecule has 2 aliphatic heterocycles. The molecule has 2 amide bonds. The van der Waals surface area contributed by atoms with Crippen molar-refractivity contribution < 1.29 is 24.2 Å². The van der Waals surface area contributed by atoms with Crippen molar-refractivity contribution in [2.45, 2.75) is 18.5 Å². The first-order valence-electron chi connectivity index (χ1n) is 9.41. The Morgan fingerprint density at radius 2 is 1.76 bits per heavy atom. The van der Waals surface area contributed by atoms with Crippen LogP contribution in [0.1, 0.15) is 17.2 Å². The molecule has 0 aliphatic carbocycles. The number of para-hydroxylation sites is 1. The Bertz CT molecular complexity index is 959. The van der Waals surface area contributed by atoms with Crippen molar-refractivity contribution in [2.75, 3.05) is 18.6 Å². The number of ether oxygens (including phenoxy) is 1. The predicted octanol–water partition coefficient (Wildman–Crippen LogP) is 1.35. The third kappa shape index (κ3) is 2.77. The number of hydrogen-bond donors (Lipinski definition) is 2. The van der Waals surface area contributed by atoms with Crippen molar-refractivity contribution in [3.05, 3.63) is 65.7 Å². The Labute approximate surface area is 168 Å². The van der Waals surface area contributed by atoms with E-state index in [1.54, 1.807) is 30.3 Å². The highest BCUT2D eigenvalue weighted by atomic mass is 16.5. The van der Waals surface area contributed by atoms with E-state index < -0.39 is 47.8 Å². The monoisotopic (exact) mass is 394 g/mol. The van der Waals surface area contributed by atoms with Gasteiger partial charge in [0.25, 0.3) is 0 Å². The summed E-state index contributed by atoms with van der Waals surface area (Å²) in [5.41, 5.74) is 0.562. The molecular formula is C22H22N2O5. The van der Waals surface area contributed by atoms with Gasteiger partial charge in [-0.05, 0) is 24.6 Å². The Hall–Kier alpha value is -3.03. The van der Waals surface area contributed by atoms with E-state index in [0.29, 0.717) is 5.69 Å². The van der Waals surface area contributed by atoms with Crippen LogP contribution < -0.4 is 10.2 Å². The first kappa shape index (κ1) is 19.3. The molecule has 0 bridgehead atoms. The van der Waals surface area contributed by atoms with Crippen molar-refractivity contribution in [3.63, 3.8) is 0 Å². The van der Waals surface area contributed by atoms with Gasteiger partial charge in [0.1, 0.15) is 0 Å². The maximum Gasteiger partial charge on any atom is 0.329 e. The number of nitrogens with zero attached hydrogens (tertiary/aromatic N) is 1. The minimum absolute atomic E-state index is 0.400. The maximum atomic E-state index is 13.4. The number of carbonyl (C=O) groups is 3. The quantitative estimate of drug-likeness (QED) is 0.600. The third-order valence-corrected chi connectivity index (χ3v) is 5.90. The minimum atomic E-state index is -1.69. The number of amides is 2. The molecule has 7 heteroatoms. The lowest BCUT2D eigenvalue weighted by atomic mass is 9.79. The van der Waals surface area contributed by atoms with E-state index in [-0.39, 0.29) is 0 Å². The van der Waals surface area contributed by atoms with Crippen LogP contribution in [0.25, 0.3) is 0 Å². The normalized spacial score (nSPS) is 28.5. The van der Waals surface area contributed by atoms with Gasteiger partial charge in [-0.2, -0.15) is 0 Å². The molecule has 2 saturated heterocycles. The van der Waals surface area contributed by atoms with Gasteiger partial charge in [0.2, 0.25) is 11.8 Å². The Morgan fingerprint density at radius 1 is 1.10 bits per heavy atom. The number of aliphatic hydroxyl groups is 1. The Morgan fingerprint density at radius 3 is 2.34 bits per heavy atom. The number of hydrogen-bond acceptors (Lipinski definition) is 6. The number of anilines is 1. The first-order chi connectivity index (χ1) is 13.9. The number of rotatable bonds is 4. The molecule has 2 aromatic rings. The fraction of sp³-hybridized carbons (Fsp3) is 0.318. The smallest absolute Gasteiger partial charge is 0.329 e. The van der Waals surface area contributed by atoms with Gasteiger partial charge in [-0.15, -0.1) is 0 Å². The van der Waals surface area contributed by atoms with Crippen molar-refractivity contribution in [2.24, 2.45) is 11.8 Å². The summed E-state index contributed by atoms with van der Waals surface area (Å²) in [6.45, 7) is 1.29. The van der Waals surface area contributed by atoms with E-state index in [4.69, 9.17) is 4.74 Å². The van der Waals surface area contributed by atoms with Crippen LogP contribution in [-0.2, 0) is 19.1 Å². The van der Waals surface area contributed by atoms with E-state index in [1.165, 1.54) is 7.11 Å². The third-order valence-electron chi connectivity index (χ3n) is 5.90. The lowest BCUT2D eigenvalue weighted by Crippen LogP contribution is -2.59. The van der Waals surface area contributed by atoms with Crippen molar-refractivity contribution >= 4 is 23.5 Å². The molecule has 2 N–H and O–H groups in total. The second-order valence-electron chi connectivity index (χ2n) is 7.50. The zero-order chi connectivity index (χ0) is 20.8. The highest BCUT2D eigenvalue weighted by Crippen LogP contribution is 2.49. The number of nitrogens with one attached hydrogen (secondary N) is 1. The number of carbonyl (C=O) groups excluding carboxylic acids is 3. The van der Waals surface area contributed by atoms with Crippen LogP contribution in [0.3, 0.4) is 0 Å². The lowest BCUT2D eigenvalue weighted by Gasteiger charge is -2.30. The van der Waals surface area contributed by atoms with Crippen LogP contribution in [0, 0.1) is 18.8 Å². The van der Waals surface area contributed by atoms with Gasteiger partial charge in [-0.3, -0.25) is 14.9 Å². The predicted molar refractivity (Wildman–Crippen MR) is 105 cm³/mol. The highest BCUT2D eigenvalue weighted by Gasteiger charge is 2.69. The fourth-order valence-corrected chi connectivity index (χ4v) is 4.47. The van der Waals surface area contributed by atoms with E-state index >= 15 is 0 Å². The summed E-state index contributed by atoms with van der Waals surface area (Å²) >= 11 is 0. The zero-order valence-electron chi connectivity index (χ0n) is 16.2. The van der Waals surface area contributed by atoms with Crippen molar-refractivity contribution in [3.8, 4) is 0 Å². The lowest BCUT2D eigenvalue weighted by molar-refractivity contribution is -0.154. The van der Waals surface area contributed by atoms with Crippen LogP contribution in [0.2, 0.25) is 0 Å². The molecule has 0 saturated carbocycles. The molecule has 0 spiro atoms. The molecule has 150 valence electrons. The molecule has 4 rings (SSSR count). The van der Waals surface area contributed by atoms with Gasteiger partial charge >= 0.3 is 5.97 Å². The van der Waals surface area contributed by atoms with Crippen molar-refractivity contribution in [1.82, 2.24) is 5.32 Å². The largest absolute Gasteiger partial charge is 0.468 e. The van der Waals surface area contributed by atoms with E-state index in [2.05, 4.69) is 5.32 Å². The van der Waals surface area contributed by atoms with Crippen LogP contribution in [0.5, 0.6) is 0 Å². The van der Waals surface area contributed by atoms with Crippen molar-refractivity contribution in [1.29, 1.82) is 0 Å². The summed E-state index contributed by atoms with van der Waals surface area (Å²) in [4.78, 5) is 40.6. The number of imide groups is 1. The summed E-state index contributed by atoms with van der Waals surface area (Å²) in [5, 5.41) is 13.3. The molecule has 0 radical (unpaired) electrons. The fourth-order valence-electron chi connectivity index (χ4n) is 4.47. The summed E-state index contributed by atoms with van der Waals surface area (Å²) in [6, 6.07) is 15.5. The van der Waals surface area contributed by atoms with Gasteiger partial charge in [0.05, 0.1) is 31.2 Å². The molecule has 2 aromatic carbocycles. The Kier molecular flexibility index (Phi) is 4.72. The van der Waals surface area contributed by atoms with E-state index in [9.17, 15) is 19.5 Å². The van der Waals surface area contributed by atoms with Gasteiger partial charge in [-0.1, -0.05) is 48.0 Å². The van der Waals surface area contributed by atoms with Crippen LogP contribution in [0.4, 0.5) is 5.69 Å². The van der Waals surface area contributed by atoms with Crippen LogP contribution in [-0.4, -0.2) is 42.1 Å². The van der Waals surface area contributed by atoms with E-state index in [0.717, 1.165) is 16.0 Å². The topological polar surface area (TPSA) is 95.9 Å². The van der Waals surface area contributed by atoms with Gasteiger partial charge < -0.3 is 9.84 Å². The number of aryl methyl sites for hydroxylation is 1. The molecule has 2 heterocycles. The van der Waals surface area contributed by atoms with Gasteiger partial charge in [0, 0.05) is 6.04 Å². The van der Waals surface area contributed by atoms with Crippen LogP contribution in [0.15, 0.2) is 54.6 Å². The molecule has 7 nitrogen and oxygen atoms in total. The number of aliphatic hydroxyl groups excluding tert-OH is 1. The molecule has 2 aliphatic rings. The second-order valence-corrected chi connectivity index (χ2v) is 7.50. The average Bonchev–Trinajstić information content (AvgIpc) is 3.23. The number of benzene rings is 2. The standard InChI is InChI=1S/C22H22N2O5/c1-13-8-10-14(11-9-13)18-16-17(22(12-25,23-18)21(28)29-2)20(27)24(19(16)26)15-6-4-3-5-7-15/h3-11,16-18,23,25H,12H2,1-2H3/t16-,17-,18+,22-/m0/s1. The average molecular weight is 394 g/mol. The first-order valence-corrected chi connectivity index (χ1v) is 9.41. The molecule has 4 atom stereocenters. The molecular weight excluding hydrogens is 372 g/mol. The number of esters is 1. The SMILES string of the molecule is COC(=O)[C@@]1(CO)N[C@H](c2ccc(C)cc2)[C@H]2C(=O)N(c3ccccc3)C(=O)[C@H]21. The highest BCUT2D eigenvalue weighted by molar-refractivity contribution is 6.24. The molecule has 0 aromatic heterocycles. The molecule has 0 unspecified atom stereocenters. The molecule has 29 heavy (non-hydrogen) atoms. The Balaban J connectivity index is 1.85. The number of fused-ring (bicyclic) bond motifs is 1. The zero-order valence-corrected chi connectivity index (χ0v) is 16.2. The maximum absolute atomic E-state index is 13.4. The summed E-state index contributed by atoms with van der Waals surface area (Å²) in [6.07, 6.45) is 0. The summed E-state index contributed by atoms with van der Waals surface area (Å²) < 4.78 is 4.92. The number of methoxy groups -OCH3 is 1. The summed E-state index contributed by atoms with van der Waals surface area (Å²) in [5.74, 6) is -3.59. The van der Waals surface area contributed by atoms with E-state index in [1.807, 2.05) is 31.2 Å². The molecule has 2 fully saturated rings. The summed E-state index contributed by atoms with van der Waals surface area (Å²) in [7, 11) is 1.20. The van der Waals surface area contributed by atoms with Gasteiger partial charge in [-0.25, -0.2) is 9.69 Å². The van der Waals surface area contributed by atoms with Gasteiger partial charge in [0.15, 0.2) is 5.54 Å². The minimum Gasteiger partial charge on any atom is -0.468 e. The van der Waals surface area contributed by atoms with Crippen LogP contribution >= 0.6 is 0 Å².